The van der Waals surface area contributed by atoms with E-state index in [1.165, 1.54) is 7.11 Å². The monoisotopic (exact) mass is 315 g/mol. The molecule has 2 aromatic heterocycles. The van der Waals surface area contributed by atoms with E-state index >= 15 is 0 Å². The molecule has 1 N–H and O–H groups in total. The van der Waals surface area contributed by atoms with E-state index in [0.29, 0.717) is 13.0 Å². The van der Waals surface area contributed by atoms with Crippen LogP contribution in [-0.4, -0.2) is 34.9 Å². The average Bonchev–Trinajstić information content (AvgIpc) is 3.20. The van der Waals surface area contributed by atoms with Gasteiger partial charge in [0.25, 0.3) is 0 Å². The van der Waals surface area contributed by atoms with Crippen molar-refractivity contribution in [1.82, 2.24) is 14.7 Å². The standard InChI is InChI=1S/C17H21N3O3/c1-23-17(22)14-6-4-5-13(14)16(21)18-9-8-12-11-20-10-3-2-7-15(20)19-12/h2-3,7,10-11,13-14H,4-6,8-9H2,1H3,(H,18,21)/t13-,14-/m0/s1. The highest BCUT2D eigenvalue weighted by Crippen LogP contribution is 2.32. The fourth-order valence-electron chi connectivity index (χ4n) is 3.26. The minimum atomic E-state index is -0.296. The topological polar surface area (TPSA) is 72.7 Å². The summed E-state index contributed by atoms with van der Waals surface area (Å²) in [7, 11) is 1.37. The minimum Gasteiger partial charge on any atom is -0.469 e. The molecule has 0 bridgehead atoms. The van der Waals surface area contributed by atoms with Gasteiger partial charge in [-0.3, -0.25) is 9.59 Å². The number of hydrogen-bond acceptors (Lipinski definition) is 4. The van der Waals surface area contributed by atoms with Crippen LogP contribution in [0.1, 0.15) is 25.0 Å². The molecule has 2 heterocycles. The average molecular weight is 315 g/mol. The number of nitrogens with zero attached hydrogens (tertiary/aromatic N) is 2. The normalized spacial score (nSPS) is 20.6. The van der Waals surface area contributed by atoms with Gasteiger partial charge in [-0.1, -0.05) is 12.5 Å². The molecule has 1 aliphatic rings. The van der Waals surface area contributed by atoms with Crippen LogP contribution in [-0.2, 0) is 20.7 Å². The van der Waals surface area contributed by atoms with E-state index in [1.54, 1.807) is 0 Å². The number of rotatable bonds is 5. The van der Waals surface area contributed by atoms with Gasteiger partial charge < -0.3 is 14.5 Å². The number of ether oxygens (including phenoxy) is 1. The molecule has 6 nitrogen and oxygen atoms in total. The van der Waals surface area contributed by atoms with Crippen LogP contribution in [0.3, 0.4) is 0 Å². The molecule has 2 aromatic rings. The Morgan fingerprint density at radius 3 is 2.96 bits per heavy atom. The lowest BCUT2D eigenvalue weighted by Gasteiger charge is -2.16. The van der Waals surface area contributed by atoms with Gasteiger partial charge >= 0.3 is 5.97 Å². The molecule has 23 heavy (non-hydrogen) atoms. The molecule has 3 rings (SSSR count). The molecule has 6 heteroatoms. The Balaban J connectivity index is 1.53. The highest BCUT2D eigenvalue weighted by atomic mass is 16.5. The molecule has 0 aromatic carbocycles. The molecule has 1 aliphatic carbocycles. The number of carbonyl (C=O) groups is 2. The summed E-state index contributed by atoms with van der Waals surface area (Å²) in [6.07, 6.45) is 6.96. The lowest BCUT2D eigenvalue weighted by molar-refractivity contribution is -0.149. The Morgan fingerprint density at radius 1 is 1.35 bits per heavy atom. The summed E-state index contributed by atoms with van der Waals surface area (Å²) in [5, 5.41) is 2.93. The molecule has 0 aliphatic heterocycles. The predicted molar refractivity (Wildman–Crippen MR) is 84.8 cm³/mol. The Morgan fingerprint density at radius 2 is 2.17 bits per heavy atom. The summed E-state index contributed by atoms with van der Waals surface area (Å²) in [5.41, 5.74) is 1.84. The number of carbonyl (C=O) groups excluding carboxylic acids is 2. The maximum Gasteiger partial charge on any atom is 0.309 e. The highest BCUT2D eigenvalue weighted by Gasteiger charge is 2.38. The summed E-state index contributed by atoms with van der Waals surface area (Å²) in [6.45, 7) is 0.521. The molecule has 1 saturated carbocycles. The van der Waals surface area contributed by atoms with Crippen LogP contribution in [0.2, 0.25) is 0 Å². The van der Waals surface area contributed by atoms with Crippen molar-refractivity contribution in [2.75, 3.05) is 13.7 Å². The van der Waals surface area contributed by atoms with Crippen molar-refractivity contribution in [3.63, 3.8) is 0 Å². The van der Waals surface area contributed by atoms with Crippen molar-refractivity contribution in [3.05, 3.63) is 36.3 Å². The van der Waals surface area contributed by atoms with Crippen LogP contribution in [0.25, 0.3) is 5.65 Å². The number of amides is 1. The van der Waals surface area contributed by atoms with Crippen molar-refractivity contribution in [2.45, 2.75) is 25.7 Å². The molecule has 1 amide bonds. The Kier molecular flexibility index (Phi) is 4.60. The largest absolute Gasteiger partial charge is 0.469 e. The van der Waals surface area contributed by atoms with E-state index in [1.807, 2.05) is 35.0 Å². The fraction of sp³-hybridized carbons (Fsp3) is 0.471. The first-order valence-electron chi connectivity index (χ1n) is 7.97. The number of aromatic nitrogens is 2. The van der Waals surface area contributed by atoms with Crippen LogP contribution in [0, 0.1) is 11.8 Å². The van der Waals surface area contributed by atoms with Crippen LogP contribution < -0.4 is 5.32 Å². The van der Waals surface area contributed by atoms with Gasteiger partial charge in [0.2, 0.25) is 5.91 Å². The van der Waals surface area contributed by atoms with Crippen LogP contribution in [0.15, 0.2) is 30.6 Å². The second-order valence-electron chi connectivity index (χ2n) is 5.91. The minimum absolute atomic E-state index is 0.0540. The Bertz CT molecular complexity index is 677. The van der Waals surface area contributed by atoms with Crippen molar-refractivity contribution >= 4 is 17.5 Å². The summed E-state index contributed by atoms with van der Waals surface area (Å²) < 4.78 is 6.75. The van der Waals surface area contributed by atoms with Gasteiger partial charge in [-0.2, -0.15) is 0 Å². The number of methoxy groups -OCH3 is 1. The van der Waals surface area contributed by atoms with Gasteiger partial charge in [0.05, 0.1) is 24.6 Å². The van der Waals surface area contributed by atoms with Gasteiger partial charge in [0, 0.05) is 25.4 Å². The van der Waals surface area contributed by atoms with E-state index in [2.05, 4.69) is 10.3 Å². The van der Waals surface area contributed by atoms with Crippen LogP contribution >= 0.6 is 0 Å². The third-order valence-corrected chi connectivity index (χ3v) is 4.45. The van der Waals surface area contributed by atoms with Gasteiger partial charge in [-0.25, -0.2) is 4.98 Å². The first-order valence-corrected chi connectivity index (χ1v) is 7.97. The molecular weight excluding hydrogens is 294 g/mol. The van der Waals surface area contributed by atoms with Gasteiger partial charge in [0.1, 0.15) is 5.65 Å². The molecule has 0 saturated heterocycles. The smallest absolute Gasteiger partial charge is 0.309 e. The molecule has 0 radical (unpaired) electrons. The van der Waals surface area contributed by atoms with Crippen molar-refractivity contribution in [1.29, 1.82) is 0 Å². The first-order chi connectivity index (χ1) is 11.2. The van der Waals surface area contributed by atoms with E-state index < -0.39 is 0 Å². The summed E-state index contributed by atoms with van der Waals surface area (Å²) >= 11 is 0. The zero-order valence-electron chi connectivity index (χ0n) is 13.2. The summed E-state index contributed by atoms with van der Waals surface area (Å²) in [5.74, 6) is -0.886. The predicted octanol–water partition coefficient (Wildman–Crippen LogP) is 1.58. The molecular formula is C17H21N3O3. The highest BCUT2D eigenvalue weighted by molar-refractivity contribution is 5.85. The van der Waals surface area contributed by atoms with Crippen molar-refractivity contribution in [2.24, 2.45) is 11.8 Å². The van der Waals surface area contributed by atoms with Crippen LogP contribution in [0.5, 0.6) is 0 Å². The second kappa shape index (κ2) is 6.81. The number of nitrogens with one attached hydrogen (secondary N) is 1. The third kappa shape index (κ3) is 3.36. The first kappa shape index (κ1) is 15.5. The molecule has 122 valence electrons. The second-order valence-corrected chi connectivity index (χ2v) is 5.91. The fourth-order valence-corrected chi connectivity index (χ4v) is 3.26. The number of pyridine rings is 1. The lowest BCUT2D eigenvalue weighted by atomic mass is 9.95. The maximum atomic E-state index is 12.3. The van der Waals surface area contributed by atoms with E-state index in [4.69, 9.17) is 4.74 Å². The zero-order valence-corrected chi connectivity index (χ0v) is 13.2. The number of esters is 1. The number of imidazole rings is 1. The summed E-state index contributed by atoms with van der Waals surface area (Å²) in [6, 6.07) is 5.84. The van der Waals surface area contributed by atoms with Gasteiger partial charge in [-0.05, 0) is 25.0 Å². The van der Waals surface area contributed by atoms with E-state index in [0.717, 1.165) is 30.6 Å². The number of hydrogen-bond donors (Lipinski definition) is 1. The van der Waals surface area contributed by atoms with Crippen molar-refractivity contribution < 1.29 is 14.3 Å². The van der Waals surface area contributed by atoms with E-state index in [-0.39, 0.29) is 23.7 Å². The molecule has 2 atom stereocenters. The van der Waals surface area contributed by atoms with Gasteiger partial charge in [0.15, 0.2) is 0 Å². The molecule has 0 spiro atoms. The Labute approximate surface area is 134 Å². The Hall–Kier alpha value is -2.37. The quantitative estimate of drug-likeness (QED) is 0.850. The molecule has 0 unspecified atom stereocenters. The SMILES string of the molecule is COC(=O)[C@H]1CCC[C@@H]1C(=O)NCCc1cn2ccccc2n1. The third-order valence-electron chi connectivity index (χ3n) is 4.45. The number of fused-ring (bicyclic) bond motifs is 1. The van der Waals surface area contributed by atoms with Crippen molar-refractivity contribution in [3.8, 4) is 0 Å². The zero-order chi connectivity index (χ0) is 16.2. The van der Waals surface area contributed by atoms with E-state index in [9.17, 15) is 9.59 Å². The van der Waals surface area contributed by atoms with Gasteiger partial charge in [-0.15, -0.1) is 0 Å². The maximum absolute atomic E-state index is 12.3. The summed E-state index contributed by atoms with van der Waals surface area (Å²) in [4.78, 5) is 28.5. The molecule has 1 fully saturated rings. The lowest BCUT2D eigenvalue weighted by Crippen LogP contribution is -2.36. The van der Waals surface area contributed by atoms with Crippen LogP contribution in [0.4, 0.5) is 0 Å².